The van der Waals surface area contributed by atoms with Gasteiger partial charge < -0.3 is 25.3 Å². The molecule has 1 fully saturated rings. The number of ether oxygens (including phenoxy) is 3. The molecule has 196 valence electrons. The summed E-state index contributed by atoms with van der Waals surface area (Å²) >= 11 is 0. The van der Waals surface area contributed by atoms with Gasteiger partial charge in [-0.05, 0) is 24.3 Å². The predicted octanol–water partition coefficient (Wildman–Crippen LogP) is 1.30. The Morgan fingerprint density at radius 1 is 1.25 bits per heavy atom. The van der Waals surface area contributed by atoms with Gasteiger partial charge in [0.25, 0.3) is 5.69 Å². The number of nitrogens with zero attached hydrogens (tertiary/aromatic N) is 2. The summed E-state index contributed by atoms with van der Waals surface area (Å²) in [6.45, 7) is 4.52. The number of hydrogen-bond acceptors (Lipinski definition) is 10. The lowest BCUT2D eigenvalue weighted by Gasteiger charge is -2.33. The van der Waals surface area contributed by atoms with Gasteiger partial charge in [0.05, 0.1) is 52.8 Å². The number of sulfone groups is 1. The molecule has 0 saturated carbocycles. The first-order valence-corrected chi connectivity index (χ1v) is 12.8. The van der Waals surface area contributed by atoms with E-state index in [0.717, 1.165) is 19.2 Å². The van der Waals surface area contributed by atoms with E-state index in [4.69, 9.17) is 19.9 Å². The average Bonchev–Trinajstić information content (AvgIpc) is 2.87. The Morgan fingerprint density at radius 3 is 2.75 bits per heavy atom. The molecule has 0 unspecified atom stereocenters. The van der Waals surface area contributed by atoms with Gasteiger partial charge in [0.2, 0.25) is 15.7 Å². The second-order valence-electron chi connectivity index (χ2n) is 8.08. The maximum absolute atomic E-state index is 13.1. The smallest absolute Gasteiger partial charge is 0.293 e. The molecule has 2 aromatic rings. The molecule has 0 aromatic heterocycles. The maximum Gasteiger partial charge on any atom is 0.293 e. The van der Waals surface area contributed by atoms with Crippen LogP contribution in [0.3, 0.4) is 0 Å². The van der Waals surface area contributed by atoms with E-state index in [2.05, 4.69) is 10.2 Å². The van der Waals surface area contributed by atoms with Crippen molar-refractivity contribution >= 4 is 27.1 Å². The van der Waals surface area contributed by atoms with E-state index in [1.165, 1.54) is 36.4 Å². The summed E-state index contributed by atoms with van der Waals surface area (Å²) in [5.74, 6) is -0.912. The van der Waals surface area contributed by atoms with Gasteiger partial charge in [0, 0.05) is 39.4 Å². The molecular formula is C23H30N4O8S. The summed E-state index contributed by atoms with van der Waals surface area (Å²) in [4.78, 5) is 24.3. The lowest BCUT2D eigenvalue weighted by Crippen LogP contribution is -2.46. The summed E-state index contributed by atoms with van der Waals surface area (Å²) in [5, 5.41) is 14.8. The van der Waals surface area contributed by atoms with Crippen molar-refractivity contribution in [2.24, 2.45) is 5.73 Å². The molecule has 1 amide bonds. The average molecular weight is 523 g/mol. The van der Waals surface area contributed by atoms with Crippen molar-refractivity contribution in [3.8, 4) is 0 Å². The number of primary amides is 1. The Hall–Kier alpha value is -3.10. The van der Waals surface area contributed by atoms with Crippen LogP contribution in [0.5, 0.6) is 0 Å². The first kappa shape index (κ1) is 27.5. The number of nitrogens with two attached hydrogens (primary N) is 1. The summed E-state index contributed by atoms with van der Waals surface area (Å²) in [6.07, 6.45) is -0.219. The van der Waals surface area contributed by atoms with Gasteiger partial charge >= 0.3 is 0 Å². The lowest BCUT2D eigenvalue weighted by atomic mass is 10.2. The van der Waals surface area contributed by atoms with Crippen molar-refractivity contribution in [3.63, 3.8) is 0 Å². The first-order chi connectivity index (χ1) is 17.2. The molecule has 0 radical (unpaired) electrons. The van der Waals surface area contributed by atoms with E-state index in [0.29, 0.717) is 39.5 Å². The number of amides is 1. The molecule has 0 bridgehead atoms. The van der Waals surface area contributed by atoms with Crippen LogP contribution in [-0.2, 0) is 24.0 Å². The highest BCUT2D eigenvalue weighted by Crippen LogP contribution is 2.31. The van der Waals surface area contributed by atoms with Gasteiger partial charge in [0.1, 0.15) is 5.69 Å². The standard InChI is InChI=1S/C23H30N4O8S/c1-33-12-13-34-10-8-26-9-11-35-17(16-26)15-25-20-7-6-18(14-21(20)27(29)30)36(31,32)22-5-3-2-4-19(22)23(24)28/h2-7,14,17,25H,8-13,15-16H2,1H3,(H2,24,28)/t17-/m1/s1. The number of morpholine rings is 1. The Morgan fingerprint density at radius 2 is 2.03 bits per heavy atom. The summed E-state index contributed by atoms with van der Waals surface area (Å²) in [7, 11) is -2.62. The van der Waals surface area contributed by atoms with E-state index < -0.39 is 26.4 Å². The molecule has 1 atom stereocenters. The van der Waals surface area contributed by atoms with Crippen LogP contribution in [0.1, 0.15) is 10.4 Å². The Kier molecular flexibility index (Phi) is 9.73. The predicted molar refractivity (Wildman–Crippen MR) is 131 cm³/mol. The zero-order chi connectivity index (χ0) is 26.1. The molecule has 1 saturated heterocycles. The lowest BCUT2D eigenvalue weighted by molar-refractivity contribution is -0.384. The van der Waals surface area contributed by atoms with Crippen molar-refractivity contribution in [2.45, 2.75) is 15.9 Å². The van der Waals surface area contributed by atoms with Crippen molar-refractivity contribution in [2.75, 3.05) is 65.0 Å². The van der Waals surface area contributed by atoms with E-state index in [1.807, 2.05) is 0 Å². The Labute approximate surface area is 209 Å². The molecule has 12 nitrogen and oxygen atoms in total. The van der Waals surface area contributed by atoms with Gasteiger partial charge in [-0.15, -0.1) is 0 Å². The highest BCUT2D eigenvalue weighted by Gasteiger charge is 2.27. The highest BCUT2D eigenvalue weighted by atomic mass is 32.2. The van der Waals surface area contributed by atoms with Gasteiger partial charge in [-0.25, -0.2) is 8.42 Å². The fraction of sp³-hybridized carbons (Fsp3) is 0.435. The van der Waals surface area contributed by atoms with Crippen molar-refractivity contribution in [3.05, 3.63) is 58.1 Å². The van der Waals surface area contributed by atoms with Gasteiger partial charge in [0.15, 0.2) is 0 Å². The Balaban J connectivity index is 1.70. The fourth-order valence-corrected chi connectivity index (χ4v) is 5.26. The minimum atomic E-state index is -4.23. The van der Waals surface area contributed by atoms with Crippen molar-refractivity contribution < 1.29 is 32.3 Å². The van der Waals surface area contributed by atoms with E-state index in [-0.39, 0.29) is 27.1 Å². The van der Waals surface area contributed by atoms with E-state index in [1.54, 1.807) is 7.11 Å². The number of methoxy groups -OCH3 is 1. The molecule has 0 spiro atoms. The van der Waals surface area contributed by atoms with Gasteiger partial charge in [-0.3, -0.25) is 19.8 Å². The minimum absolute atomic E-state index is 0.158. The number of rotatable bonds is 13. The van der Waals surface area contributed by atoms with Crippen molar-refractivity contribution in [1.29, 1.82) is 0 Å². The van der Waals surface area contributed by atoms with Crippen LogP contribution in [0.2, 0.25) is 0 Å². The molecule has 3 rings (SSSR count). The normalized spacial score (nSPS) is 16.5. The zero-order valence-electron chi connectivity index (χ0n) is 19.9. The number of carbonyl (C=O) groups excluding carboxylic acids is 1. The van der Waals surface area contributed by atoms with E-state index >= 15 is 0 Å². The molecule has 3 N–H and O–H groups in total. The van der Waals surface area contributed by atoms with Crippen molar-refractivity contribution in [1.82, 2.24) is 4.90 Å². The molecule has 1 aliphatic heterocycles. The monoisotopic (exact) mass is 522 g/mol. The van der Waals surface area contributed by atoms with Crippen LogP contribution in [0.4, 0.5) is 11.4 Å². The number of nitro groups is 1. The maximum atomic E-state index is 13.1. The number of anilines is 1. The molecule has 1 aliphatic rings. The fourth-order valence-electron chi connectivity index (χ4n) is 3.78. The largest absolute Gasteiger partial charge is 0.382 e. The third kappa shape index (κ3) is 6.98. The number of carbonyl (C=O) groups is 1. The Bertz CT molecular complexity index is 1170. The number of hydrogen-bond donors (Lipinski definition) is 2. The van der Waals surface area contributed by atoms with Crippen LogP contribution in [0.15, 0.2) is 52.3 Å². The number of benzene rings is 2. The van der Waals surface area contributed by atoms with Crippen LogP contribution in [0.25, 0.3) is 0 Å². The first-order valence-electron chi connectivity index (χ1n) is 11.3. The van der Waals surface area contributed by atoms with Crippen LogP contribution in [0, 0.1) is 10.1 Å². The summed E-state index contributed by atoms with van der Waals surface area (Å²) in [5.41, 5.74) is 4.87. The second-order valence-corrected chi connectivity index (χ2v) is 10.00. The molecule has 0 aliphatic carbocycles. The number of nitro benzene ring substituents is 1. The zero-order valence-corrected chi connectivity index (χ0v) is 20.7. The minimum Gasteiger partial charge on any atom is -0.382 e. The third-order valence-corrected chi connectivity index (χ3v) is 7.45. The highest BCUT2D eigenvalue weighted by molar-refractivity contribution is 7.91. The summed E-state index contributed by atoms with van der Waals surface area (Å²) in [6, 6.07) is 9.03. The van der Waals surface area contributed by atoms with Crippen LogP contribution in [-0.4, -0.2) is 90.0 Å². The third-order valence-electron chi connectivity index (χ3n) is 5.64. The van der Waals surface area contributed by atoms with Gasteiger partial charge in [-0.2, -0.15) is 0 Å². The van der Waals surface area contributed by atoms with Crippen LogP contribution >= 0.6 is 0 Å². The molecule has 2 aromatic carbocycles. The van der Waals surface area contributed by atoms with Gasteiger partial charge in [-0.1, -0.05) is 12.1 Å². The van der Waals surface area contributed by atoms with E-state index in [9.17, 15) is 23.3 Å². The van der Waals surface area contributed by atoms with Crippen LogP contribution < -0.4 is 11.1 Å². The molecule has 36 heavy (non-hydrogen) atoms. The topological polar surface area (TPSA) is 163 Å². The molecular weight excluding hydrogens is 492 g/mol. The second kappa shape index (κ2) is 12.7. The molecule has 13 heteroatoms. The number of nitrogens with one attached hydrogen (secondary N) is 1. The summed E-state index contributed by atoms with van der Waals surface area (Å²) < 4.78 is 42.5. The SMILES string of the molecule is COCCOCCN1CCO[C@H](CNc2ccc(S(=O)(=O)c3ccccc3C(N)=O)cc2[N+](=O)[O-])C1. The molecule has 1 heterocycles. The quantitative estimate of drug-likeness (QED) is 0.223.